The molecule has 0 saturated carbocycles. The van der Waals surface area contributed by atoms with Crippen molar-refractivity contribution in [3.63, 3.8) is 0 Å². The first kappa shape index (κ1) is 26.8. The Labute approximate surface area is 236 Å². The molecule has 10 heteroatoms. The van der Waals surface area contributed by atoms with E-state index in [1.165, 1.54) is 31.6 Å². The molecule has 2 aliphatic rings. The van der Waals surface area contributed by atoms with E-state index in [1.54, 1.807) is 24.5 Å². The highest BCUT2D eigenvalue weighted by atomic mass is 35.5. The molecule has 1 unspecified atom stereocenters. The van der Waals surface area contributed by atoms with E-state index in [4.69, 9.17) is 32.7 Å². The van der Waals surface area contributed by atoms with E-state index in [-0.39, 0.29) is 32.7 Å². The summed E-state index contributed by atoms with van der Waals surface area (Å²) in [5.74, 6) is -1.90. The molecule has 2 aromatic carbocycles. The first-order valence-electron chi connectivity index (χ1n) is 12.5. The van der Waals surface area contributed by atoms with Crippen LogP contribution in [-0.2, 0) is 9.59 Å². The molecule has 1 amide bonds. The zero-order valence-corrected chi connectivity index (χ0v) is 23.0. The normalized spacial score (nSPS) is 18.9. The zero-order chi connectivity index (χ0) is 27.7. The molecule has 0 bridgehead atoms. The van der Waals surface area contributed by atoms with Crippen LogP contribution in [0.3, 0.4) is 0 Å². The second kappa shape index (κ2) is 11.2. The van der Waals surface area contributed by atoms with Gasteiger partial charge in [-0.25, -0.2) is 0 Å². The van der Waals surface area contributed by atoms with Crippen molar-refractivity contribution in [2.45, 2.75) is 25.3 Å². The van der Waals surface area contributed by atoms with Gasteiger partial charge in [0, 0.05) is 36.9 Å². The van der Waals surface area contributed by atoms with Crippen molar-refractivity contribution < 1.29 is 24.2 Å². The van der Waals surface area contributed by atoms with Crippen LogP contribution >= 0.6 is 23.2 Å². The Hall–Kier alpha value is -3.75. The fraction of sp³-hybridized carbons (Fsp3) is 0.276. The molecule has 0 spiro atoms. The van der Waals surface area contributed by atoms with E-state index in [1.807, 2.05) is 24.3 Å². The summed E-state index contributed by atoms with van der Waals surface area (Å²) in [5.41, 5.74) is 2.04. The van der Waals surface area contributed by atoms with Gasteiger partial charge in [0.1, 0.15) is 10.8 Å². The maximum Gasteiger partial charge on any atom is 0.300 e. The lowest BCUT2D eigenvalue weighted by Crippen LogP contribution is -2.30. The minimum Gasteiger partial charge on any atom is -0.507 e. The fourth-order valence-electron chi connectivity index (χ4n) is 5.22. The minimum atomic E-state index is -0.955. The first-order valence-corrected chi connectivity index (χ1v) is 13.3. The maximum absolute atomic E-state index is 13.5. The number of aliphatic hydroxyl groups is 1. The van der Waals surface area contributed by atoms with Gasteiger partial charge in [0.15, 0.2) is 11.5 Å². The van der Waals surface area contributed by atoms with Crippen molar-refractivity contribution in [3.8, 4) is 11.5 Å². The largest absolute Gasteiger partial charge is 0.507 e. The number of benzene rings is 2. The summed E-state index contributed by atoms with van der Waals surface area (Å²) in [6.07, 6.45) is 6.65. The number of aliphatic hydroxyl groups excluding tert-OH is 1. The molecule has 3 heterocycles. The number of pyridine rings is 1. The number of methoxy groups -OCH3 is 2. The standard InChI is InChI=1S/C29H27Cl2N3O5/c1-38-27-20(15-21(30)28(39-2)23(27)31)25(35)22-24(17-7-6-12-32-16-17)34(29(37)26(22)36)19-10-8-18(9-11-19)33-13-4-3-5-14-33/h6-12,15-16,24,35H,3-5,13-14H2,1-2H3/b25-22+. The third-order valence-electron chi connectivity index (χ3n) is 7.09. The molecule has 39 heavy (non-hydrogen) atoms. The van der Waals surface area contributed by atoms with Crippen molar-refractivity contribution >= 4 is 52.0 Å². The predicted octanol–water partition coefficient (Wildman–Crippen LogP) is 6.02. The van der Waals surface area contributed by atoms with Gasteiger partial charge in [-0.15, -0.1) is 0 Å². The van der Waals surface area contributed by atoms with Crippen LogP contribution in [0.5, 0.6) is 11.5 Å². The van der Waals surface area contributed by atoms with Gasteiger partial charge in [0.2, 0.25) is 0 Å². The summed E-state index contributed by atoms with van der Waals surface area (Å²) in [6, 6.07) is 11.4. The van der Waals surface area contributed by atoms with Gasteiger partial charge >= 0.3 is 0 Å². The molecule has 0 radical (unpaired) electrons. The molecule has 2 saturated heterocycles. The Morgan fingerprint density at radius 3 is 2.26 bits per heavy atom. The molecule has 0 aliphatic carbocycles. The molecule has 2 fully saturated rings. The number of aromatic nitrogens is 1. The van der Waals surface area contributed by atoms with Gasteiger partial charge in [-0.2, -0.15) is 0 Å². The monoisotopic (exact) mass is 567 g/mol. The van der Waals surface area contributed by atoms with Gasteiger partial charge in [0.05, 0.1) is 36.4 Å². The summed E-state index contributed by atoms with van der Waals surface area (Å²) in [7, 11) is 2.77. The summed E-state index contributed by atoms with van der Waals surface area (Å²) in [4.78, 5) is 34.9. The highest BCUT2D eigenvalue weighted by Gasteiger charge is 2.47. The van der Waals surface area contributed by atoms with Gasteiger partial charge in [-0.1, -0.05) is 29.3 Å². The maximum atomic E-state index is 13.5. The van der Waals surface area contributed by atoms with Crippen LogP contribution in [0.2, 0.25) is 10.0 Å². The van der Waals surface area contributed by atoms with E-state index in [0.717, 1.165) is 31.6 Å². The van der Waals surface area contributed by atoms with Crippen LogP contribution in [0.15, 0.2) is 60.4 Å². The van der Waals surface area contributed by atoms with Crippen LogP contribution in [0.25, 0.3) is 5.76 Å². The molecule has 2 aliphatic heterocycles. The Kier molecular flexibility index (Phi) is 7.68. The van der Waals surface area contributed by atoms with Gasteiger partial charge in [-0.05, 0) is 61.2 Å². The average Bonchev–Trinajstić information content (AvgIpc) is 3.23. The van der Waals surface area contributed by atoms with Crippen LogP contribution in [-0.4, -0.2) is 49.1 Å². The van der Waals surface area contributed by atoms with Crippen LogP contribution in [0.4, 0.5) is 11.4 Å². The summed E-state index contributed by atoms with van der Waals surface area (Å²) < 4.78 is 10.7. The third-order valence-corrected chi connectivity index (χ3v) is 7.71. The van der Waals surface area contributed by atoms with Crippen LogP contribution in [0, 0.1) is 0 Å². The number of carbonyl (C=O) groups is 2. The average molecular weight is 568 g/mol. The Bertz CT molecular complexity index is 1440. The number of ketones is 1. The lowest BCUT2D eigenvalue weighted by molar-refractivity contribution is -0.132. The molecular formula is C29H27Cl2N3O5. The molecule has 1 N–H and O–H groups in total. The highest BCUT2D eigenvalue weighted by Crippen LogP contribution is 2.48. The predicted molar refractivity (Wildman–Crippen MR) is 151 cm³/mol. The first-order chi connectivity index (χ1) is 18.9. The zero-order valence-electron chi connectivity index (χ0n) is 21.5. The molecule has 1 aromatic heterocycles. The lowest BCUT2D eigenvalue weighted by Gasteiger charge is -2.30. The van der Waals surface area contributed by atoms with Crippen molar-refractivity contribution in [2.24, 2.45) is 0 Å². The number of nitrogens with zero attached hydrogens (tertiary/aromatic N) is 3. The Morgan fingerprint density at radius 2 is 1.64 bits per heavy atom. The van der Waals surface area contributed by atoms with Crippen molar-refractivity contribution in [3.05, 3.63) is 81.6 Å². The number of Topliss-reactive ketones (excluding diaryl/α,β-unsaturated/α-hetero) is 1. The molecule has 202 valence electrons. The number of ether oxygens (including phenoxy) is 2. The summed E-state index contributed by atoms with van der Waals surface area (Å²) in [6.45, 7) is 1.96. The van der Waals surface area contributed by atoms with E-state index in [9.17, 15) is 14.7 Å². The van der Waals surface area contributed by atoms with Crippen LogP contribution < -0.4 is 19.3 Å². The molecular weight excluding hydrogens is 541 g/mol. The molecule has 5 rings (SSSR count). The molecule has 1 atom stereocenters. The van der Waals surface area contributed by atoms with E-state index >= 15 is 0 Å². The third kappa shape index (κ3) is 4.79. The molecule has 3 aromatic rings. The van der Waals surface area contributed by atoms with Gasteiger partial charge < -0.3 is 19.5 Å². The number of amides is 1. The summed E-state index contributed by atoms with van der Waals surface area (Å²) >= 11 is 12.8. The van der Waals surface area contributed by atoms with E-state index < -0.39 is 23.5 Å². The number of rotatable bonds is 6. The number of hydrogen-bond acceptors (Lipinski definition) is 7. The Morgan fingerprint density at radius 1 is 0.974 bits per heavy atom. The Balaban J connectivity index is 1.65. The molecule has 8 nitrogen and oxygen atoms in total. The van der Waals surface area contributed by atoms with Crippen molar-refractivity contribution in [1.82, 2.24) is 4.98 Å². The second-order valence-corrected chi connectivity index (χ2v) is 10.1. The smallest absolute Gasteiger partial charge is 0.300 e. The van der Waals surface area contributed by atoms with Crippen molar-refractivity contribution in [1.29, 1.82) is 0 Å². The second-order valence-electron chi connectivity index (χ2n) is 9.31. The SMILES string of the molecule is COc1c(Cl)cc(/C(O)=C2\C(=O)C(=O)N(c3ccc(N4CCCCC4)cc3)C2c2cccnc2)c(OC)c1Cl. The number of piperidine rings is 1. The number of hydrogen-bond donors (Lipinski definition) is 1. The van der Waals surface area contributed by atoms with E-state index in [2.05, 4.69) is 9.88 Å². The van der Waals surface area contributed by atoms with Crippen molar-refractivity contribution in [2.75, 3.05) is 37.1 Å². The fourth-order valence-corrected chi connectivity index (χ4v) is 5.91. The van der Waals surface area contributed by atoms with Gasteiger partial charge in [-0.3, -0.25) is 19.5 Å². The number of halogens is 2. The van der Waals surface area contributed by atoms with E-state index in [0.29, 0.717) is 11.3 Å². The number of anilines is 2. The van der Waals surface area contributed by atoms with Crippen LogP contribution in [0.1, 0.15) is 36.4 Å². The summed E-state index contributed by atoms with van der Waals surface area (Å²) in [5, 5.41) is 11.7. The quantitative estimate of drug-likeness (QED) is 0.221. The number of carbonyl (C=O) groups excluding carboxylic acids is 2. The minimum absolute atomic E-state index is 0.0227. The lowest BCUT2D eigenvalue weighted by atomic mass is 9.95. The highest BCUT2D eigenvalue weighted by molar-refractivity contribution is 6.52. The topological polar surface area (TPSA) is 92.2 Å². The van der Waals surface area contributed by atoms with Gasteiger partial charge in [0.25, 0.3) is 11.7 Å².